The normalized spacial score (nSPS) is 17.1. The van der Waals surface area contributed by atoms with E-state index in [4.69, 9.17) is 4.98 Å². The summed E-state index contributed by atoms with van der Waals surface area (Å²) in [5.41, 5.74) is 2.33. The van der Waals surface area contributed by atoms with Crippen molar-refractivity contribution >= 4 is 11.3 Å². The van der Waals surface area contributed by atoms with Crippen LogP contribution >= 0.6 is 11.3 Å². The van der Waals surface area contributed by atoms with Gasteiger partial charge in [0.25, 0.3) is 0 Å². The molecule has 1 aliphatic rings. The summed E-state index contributed by atoms with van der Waals surface area (Å²) in [6, 6.07) is 0.830. The predicted octanol–water partition coefficient (Wildman–Crippen LogP) is 2.33. The molecule has 0 aliphatic heterocycles. The molecule has 0 radical (unpaired) electrons. The molecule has 1 fully saturated rings. The van der Waals surface area contributed by atoms with Crippen LogP contribution in [0.3, 0.4) is 0 Å². The highest BCUT2D eigenvalue weighted by atomic mass is 32.1. The minimum absolute atomic E-state index is 0.183. The van der Waals surface area contributed by atoms with Crippen LogP contribution in [-0.2, 0) is 7.05 Å². The van der Waals surface area contributed by atoms with Crippen LogP contribution in [-0.4, -0.2) is 20.6 Å². The van der Waals surface area contributed by atoms with Crippen molar-refractivity contribution in [2.45, 2.75) is 38.8 Å². The topological polar surface area (TPSA) is 42.7 Å². The first kappa shape index (κ1) is 11.9. The summed E-state index contributed by atoms with van der Waals surface area (Å²) in [4.78, 5) is 10.2. The fraction of sp³-hybridized carbons (Fsp3) is 0.538. The molecule has 0 bridgehead atoms. The Morgan fingerprint density at radius 1 is 1.44 bits per heavy atom. The number of rotatable bonds is 4. The monoisotopic (exact) mass is 262 g/mol. The third-order valence-electron chi connectivity index (χ3n) is 3.42. The first-order valence-electron chi connectivity index (χ1n) is 6.31. The van der Waals surface area contributed by atoms with Gasteiger partial charge in [0.1, 0.15) is 11.0 Å². The first-order valence-corrected chi connectivity index (χ1v) is 7.13. The average molecular weight is 262 g/mol. The molecule has 96 valence electrons. The summed E-state index contributed by atoms with van der Waals surface area (Å²) in [5.74, 6) is 0. The van der Waals surface area contributed by atoms with E-state index >= 15 is 0 Å². The van der Waals surface area contributed by atoms with Gasteiger partial charge in [0.2, 0.25) is 0 Å². The minimum atomic E-state index is 0.183. The fourth-order valence-corrected chi connectivity index (χ4v) is 3.03. The molecule has 4 nitrogen and oxygen atoms in total. The molecule has 5 heteroatoms. The summed E-state index contributed by atoms with van der Waals surface area (Å²) >= 11 is 1.78. The van der Waals surface area contributed by atoms with Crippen LogP contribution in [0.5, 0.6) is 0 Å². The summed E-state index contributed by atoms with van der Waals surface area (Å²) in [7, 11) is 2.04. The number of aromatic nitrogens is 3. The number of hydrogen-bond acceptors (Lipinski definition) is 4. The molecule has 1 N–H and O–H groups in total. The zero-order chi connectivity index (χ0) is 12.7. The molecule has 2 aromatic heterocycles. The lowest BCUT2D eigenvalue weighted by molar-refractivity contribution is 0.566. The lowest BCUT2D eigenvalue weighted by Gasteiger charge is -2.16. The van der Waals surface area contributed by atoms with Crippen molar-refractivity contribution in [2.75, 3.05) is 0 Å². The zero-order valence-corrected chi connectivity index (χ0v) is 11.8. The van der Waals surface area contributed by atoms with Crippen LogP contribution < -0.4 is 5.32 Å². The number of nitrogens with one attached hydrogen (secondary N) is 1. The maximum atomic E-state index is 4.70. The van der Waals surface area contributed by atoms with Gasteiger partial charge in [-0.3, -0.25) is 0 Å². The lowest BCUT2D eigenvalue weighted by atomic mass is 10.2. The van der Waals surface area contributed by atoms with E-state index in [1.54, 1.807) is 11.3 Å². The molecule has 2 heterocycles. The summed E-state index contributed by atoms with van der Waals surface area (Å²) in [6.07, 6.45) is 6.34. The second-order valence-electron chi connectivity index (χ2n) is 5.00. The molecule has 0 aromatic carbocycles. The molecule has 0 amide bonds. The van der Waals surface area contributed by atoms with Crippen molar-refractivity contribution < 1.29 is 0 Å². The zero-order valence-electron chi connectivity index (χ0n) is 11.0. The highest BCUT2D eigenvalue weighted by molar-refractivity contribution is 7.11. The van der Waals surface area contributed by atoms with Gasteiger partial charge in [-0.2, -0.15) is 0 Å². The molecule has 2 aromatic rings. The van der Waals surface area contributed by atoms with Gasteiger partial charge in [-0.1, -0.05) is 0 Å². The van der Waals surface area contributed by atoms with E-state index in [9.17, 15) is 0 Å². The number of hydrogen-bond donors (Lipinski definition) is 1. The van der Waals surface area contributed by atoms with Gasteiger partial charge in [-0.15, -0.1) is 11.3 Å². The molecule has 0 saturated heterocycles. The summed E-state index contributed by atoms with van der Waals surface area (Å²) < 4.78 is 2.08. The molecular formula is C13H18N4S. The Morgan fingerprint density at radius 3 is 2.72 bits per heavy atom. The Bertz CT molecular complexity index is 534. The third kappa shape index (κ3) is 2.20. The molecule has 1 atom stereocenters. The number of imidazole rings is 1. The Balaban J connectivity index is 1.96. The van der Waals surface area contributed by atoms with Gasteiger partial charge < -0.3 is 9.88 Å². The van der Waals surface area contributed by atoms with Crippen LogP contribution in [0.2, 0.25) is 0 Å². The van der Waals surface area contributed by atoms with Crippen molar-refractivity contribution in [1.29, 1.82) is 0 Å². The van der Waals surface area contributed by atoms with Gasteiger partial charge in [0.05, 0.1) is 23.9 Å². The molecule has 0 spiro atoms. The van der Waals surface area contributed by atoms with Gasteiger partial charge in [-0.25, -0.2) is 9.97 Å². The van der Waals surface area contributed by atoms with E-state index in [0.29, 0.717) is 6.04 Å². The Kier molecular flexibility index (Phi) is 2.95. The molecule has 1 unspecified atom stereocenters. The highest BCUT2D eigenvalue weighted by Crippen LogP contribution is 2.31. The van der Waals surface area contributed by atoms with Crippen molar-refractivity contribution in [3.05, 3.63) is 33.8 Å². The SMILES string of the molecule is Cc1nc(C(NC2CC2)c2cncn2C)sc1C. The number of thiazole rings is 1. The second-order valence-corrected chi connectivity index (χ2v) is 6.23. The van der Waals surface area contributed by atoms with E-state index in [2.05, 4.69) is 28.7 Å². The molecule has 18 heavy (non-hydrogen) atoms. The Hall–Kier alpha value is -1.20. The fourth-order valence-electron chi connectivity index (χ4n) is 2.04. The summed E-state index contributed by atoms with van der Waals surface area (Å²) in [5, 5.41) is 4.83. The van der Waals surface area contributed by atoms with E-state index < -0.39 is 0 Å². The van der Waals surface area contributed by atoms with Crippen molar-refractivity contribution in [3.8, 4) is 0 Å². The smallest absolute Gasteiger partial charge is 0.116 e. The lowest BCUT2D eigenvalue weighted by Crippen LogP contribution is -2.26. The van der Waals surface area contributed by atoms with E-state index in [1.807, 2.05) is 19.6 Å². The van der Waals surface area contributed by atoms with Crippen LogP contribution in [0.4, 0.5) is 0 Å². The third-order valence-corrected chi connectivity index (χ3v) is 4.56. The second kappa shape index (κ2) is 4.48. The van der Waals surface area contributed by atoms with Crippen molar-refractivity contribution in [1.82, 2.24) is 19.9 Å². The Labute approximate surface area is 111 Å². The van der Waals surface area contributed by atoms with Crippen LogP contribution in [0.15, 0.2) is 12.5 Å². The maximum absolute atomic E-state index is 4.70. The average Bonchev–Trinajstić information content (AvgIpc) is 2.97. The molecular weight excluding hydrogens is 244 g/mol. The summed E-state index contributed by atoms with van der Waals surface area (Å²) in [6.45, 7) is 4.21. The Morgan fingerprint density at radius 2 is 2.22 bits per heavy atom. The standard InChI is InChI=1S/C13H18N4S/c1-8-9(2)18-13(15-8)12(16-10-4-5-10)11-6-14-7-17(11)3/h6-7,10,12,16H,4-5H2,1-3H3. The van der Waals surface area contributed by atoms with Gasteiger partial charge in [-0.05, 0) is 26.7 Å². The van der Waals surface area contributed by atoms with E-state index in [1.165, 1.54) is 23.4 Å². The van der Waals surface area contributed by atoms with Gasteiger partial charge in [0.15, 0.2) is 0 Å². The van der Waals surface area contributed by atoms with Gasteiger partial charge >= 0.3 is 0 Å². The van der Waals surface area contributed by atoms with E-state index in [0.717, 1.165) is 10.7 Å². The van der Waals surface area contributed by atoms with Crippen molar-refractivity contribution in [3.63, 3.8) is 0 Å². The quantitative estimate of drug-likeness (QED) is 0.919. The first-order chi connectivity index (χ1) is 8.65. The van der Waals surface area contributed by atoms with E-state index in [-0.39, 0.29) is 6.04 Å². The van der Waals surface area contributed by atoms with Crippen LogP contribution in [0, 0.1) is 13.8 Å². The van der Waals surface area contributed by atoms with Gasteiger partial charge in [0, 0.05) is 18.0 Å². The molecule has 3 rings (SSSR count). The predicted molar refractivity (Wildman–Crippen MR) is 72.8 cm³/mol. The number of aryl methyl sites for hydroxylation is 3. The maximum Gasteiger partial charge on any atom is 0.116 e. The van der Waals surface area contributed by atoms with Crippen LogP contribution in [0.1, 0.15) is 40.2 Å². The highest BCUT2D eigenvalue weighted by Gasteiger charge is 2.29. The number of nitrogens with zero attached hydrogens (tertiary/aromatic N) is 3. The molecule has 1 aliphatic carbocycles. The van der Waals surface area contributed by atoms with Crippen molar-refractivity contribution in [2.24, 2.45) is 7.05 Å². The minimum Gasteiger partial charge on any atom is -0.336 e. The largest absolute Gasteiger partial charge is 0.336 e. The molecule has 1 saturated carbocycles. The van der Waals surface area contributed by atoms with Crippen LogP contribution in [0.25, 0.3) is 0 Å².